The first-order chi connectivity index (χ1) is 10.2. The Labute approximate surface area is 135 Å². The number of halogens is 3. The van der Waals surface area contributed by atoms with Crippen molar-refractivity contribution in [2.45, 2.75) is 39.5 Å². The number of hydrogen-bond acceptors (Lipinski definition) is 4. The van der Waals surface area contributed by atoms with Crippen molar-refractivity contribution in [3.63, 3.8) is 0 Å². The van der Waals surface area contributed by atoms with Crippen LogP contribution in [0.2, 0.25) is 0 Å². The SMILES string of the molecule is Cc1nc(C(F)(F)F)c(CN2CC(C)(C)[C@H]2c2cccs2)s1. The van der Waals surface area contributed by atoms with Crippen LogP contribution in [0.4, 0.5) is 13.2 Å². The van der Waals surface area contributed by atoms with Gasteiger partial charge in [0.2, 0.25) is 0 Å². The summed E-state index contributed by atoms with van der Waals surface area (Å²) in [7, 11) is 0. The second-order valence-corrected chi connectivity index (χ2v) is 8.58. The largest absolute Gasteiger partial charge is 0.434 e. The van der Waals surface area contributed by atoms with Crippen molar-refractivity contribution in [3.8, 4) is 0 Å². The molecular formula is C15H17F3N2S2. The Bertz CT molecular complexity index is 659. The minimum absolute atomic E-state index is 0.0863. The van der Waals surface area contributed by atoms with Crippen molar-refractivity contribution in [2.75, 3.05) is 6.54 Å². The van der Waals surface area contributed by atoms with E-state index in [2.05, 4.69) is 29.8 Å². The predicted octanol–water partition coefficient (Wildman–Crippen LogP) is 5.11. The Hall–Kier alpha value is -0.920. The fraction of sp³-hybridized carbons (Fsp3) is 0.533. The monoisotopic (exact) mass is 346 g/mol. The van der Waals surface area contributed by atoms with E-state index in [9.17, 15) is 13.2 Å². The average Bonchev–Trinajstić information content (AvgIpc) is 2.97. The van der Waals surface area contributed by atoms with E-state index in [1.807, 2.05) is 11.4 Å². The molecule has 0 aliphatic carbocycles. The van der Waals surface area contributed by atoms with Crippen LogP contribution in [-0.4, -0.2) is 16.4 Å². The van der Waals surface area contributed by atoms with E-state index in [4.69, 9.17) is 0 Å². The summed E-state index contributed by atoms with van der Waals surface area (Å²) in [4.78, 5) is 7.34. The van der Waals surface area contributed by atoms with Crippen molar-refractivity contribution in [1.29, 1.82) is 0 Å². The lowest BCUT2D eigenvalue weighted by molar-refractivity contribution is -0.142. The van der Waals surface area contributed by atoms with Gasteiger partial charge in [0.25, 0.3) is 0 Å². The zero-order chi connectivity index (χ0) is 16.1. The highest BCUT2D eigenvalue weighted by molar-refractivity contribution is 7.11. The summed E-state index contributed by atoms with van der Waals surface area (Å²) in [6, 6.07) is 4.23. The molecule has 2 aromatic heterocycles. The third-order valence-electron chi connectivity index (χ3n) is 3.95. The molecule has 2 nitrogen and oxygen atoms in total. The van der Waals surface area contributed by atoms with Gasteiger partial charge in [-0.3, -0.25) is 4.90 Å². The zero-order valence-electron chi connectivity index (χ0n) is 12.6. The number of alkyl halides is 3. The third-order valence-corrected chi connectivity index (χ3v) is 5.83. The van der Waals surface area contributed by atoms with E-state index in [-0.39, 0.29) is 11.5 Å². The Morgan fingerprint density at radius 3 is 2.68 bits per heavy atom. The number of likely N-dealkylation sites (tertiary alicyclic amines) is 1. The fourth-order valence-corrected chi connectivity index (χ4v) is 5.27. The quantitative estimate of drug-likeness (QED) is 0.767. The van der Waals surface area contributed by atoms with Crippen LogP contribution in [0.3, 0.4) is 0 Å². The highest BCUT2D eigenvalue weighted by Gasteiger charge is 2.48. The lowest BCUT2D eigenvalue weighted by atomic mass is 9.74. The highest BCUT2D eigenvalue weighted by atomic mass is 32.1. The molecule has 1 fully saturated rings. The van der Waals surface area contributed by atoms with Gasteiger partial charge in [0, 0.05) is 18.0 Å². The van der Waals surface area contributed by atoms with Gasteiger partial charge < -0.3 is 0 Å². The van der Waals surface area contributed by atoms with Crippen LogP contribution in [0.15, 0.2) is 17.5 Å². The smallest absolute Gasteiger partial charge is 0.289 e. The minimum Gasteiger partial charge on any atom is -0.289 e. The maximum Gasteiger partial charge on any atom is 0.434 e. The molecule has 7 heteroatoms. The number of thiazole rings is 1. The standard InChI is InChI=1S/C15H17F3N2S2/c1-9-19-12(15(16,17)18)11(22-9)7-20-8-14(2,3)13(20)10-5-4-6-21-10/h4-6,13H,7-8H2,1-3H3/t13-/m1/s1. The predicted molar refractivity (Wildman–Crippen MR) is 83.1 cm³/mol. The van der Waals surface area contributed by atoms with E-state index in [0.717, 1.165) is 17.9 Å². The van der Waals surface area contributed by atoms with Gasteiger partial charge in [-0.15, -0.1) is 22.7 Å². The summed E-state index contributed by atoms with van der Waals surface area (Å²) in [6.45, 7) is 7.06. The molecule has 0 bridgehead atoms. The molecule has 0 radical (unpaired) electrons. The second-order valence-electron chi connectivity index (χ2n) is 6.31. The lowest BCUT2D eigenvalue weighted by Gasteiger charge is -2.54. The minimum atomic E-state index is -4.38. The lowest BCUT2D eigenvalue weighted by Crippen LogP contribution is -2.54. The van der Waals surface area contributed by atoms with Gasteiger partial charge in [-0.05, 0) is 23.8 Å². The first-order valence-corrected chi connectivity index (χ1v) is 8.69. The molecule has 0 amide bonds. The second kappa shape index (κ2) is 5.32. The van der Waals surface area contributed by atoms with E-state index >= 15 is 0 Å². The van der Waals surface area contributed by atoms with Gasteiger partial charge in [-0.1, -0.05) is 19.9 Å². The maximum absolute atomic E-state index is 13.1. The summed E-state index contributed by atoms with van der Waals surface area (Å²) in [5, 5.41) is 2.48. The van der Waals surface area contributed by atoms with Crippen LogP contribution in [0.1, 0.15) is 40.3 Å². The summed E-state index contributed by atoms with van der Waals surface area (Å²) in [5.41, 5.74) is -0.632. The van der Waals surface area contributed by atoms with Crippen molar-refractivity contribution < 1.29 is 13.2 Å². The van der Waals surface area contributed by atoms with Crippen molar-refractivity contribution >= 4 is 22.7 Å². The van der Waals surface area contributed by atoms with Crippen LogP contribution in [0, 0.1) is 12.3 Å². The molecule has 0 unspecified atom stereocenters. The molecule has 22 heavy (non-hydrogen) atoms. The van der Waals surface area contributed by atoms with E-state index < -0.39 is 11.9 Å². The van der Waals surface area contributed by atoms with Gasteiger partial charge in [0.15, 0.2) is 5.69 Å². The molecule has 0 spiro atoms. The molecule has 0 aromatic carbocycles. The molecule has 2 aromatic rings. The fourth-order valence-electron chi connectivity index (χ4n) is 3.22. The summed E-state index contributed by atoms with van der Waals surface area (Å²) in [6.07, 6.45) is -4.38. The normalized spacial score (nSPS) is 21.8. The van der Waals surface area contributed by atoms with Gasteiger partial charge in [0.1, 0.15) is 0 Å². The van der Waals surface area contributed by atoms with Crippen LogP contribution in [-0.2, 0) is 12.7 Å². The molecule has 0 saturated carbocycles. The summed E-state index contributed by atoms with van der Waals surface area (Å²) >= 11 is 2.81. The molecule has 1 saturated heterocycles. The Kier molecular flexibility index (Phi) is 3.86. The molecule has 1 atom stereocenters. The van der Waals surface area contributed by atoms with Gasteiger partial charge in [-0.25, -0.2) is 4.98 Å². The number of aryl methyl sites for hydroxylation is 1. The van der Waals surface area contributed by atoms with Gasteiger partial charge >= 0.3 is 6.18 Å². The Morgan fingerprint density at radius 1 is 1.41 bits per heavy atom. The van der Waals surface area contributed by atoms with Crippen LogP contribution >= 0.6 is 22.7 Å². The van der Waals surface area contributed by atoms with E-state index in [0.29, 0.717) is 16.4 Å². The first-order valence-electron chi connectivity index (χ1n) is 6.99. The zero-order valence-corrected chi connectivity index (χ0v) is 14.2. The first kappa shape index (κ1) is 16.0. The number of aromatic nitrogens is 1. The summed E-state index contributed by atoms with van der Waals surface area (Å²) in [5.74, 6) is 0. The maximum atomic E-state index is 13.1. The number of thiophene rings is 1. The number of hydrogen-bond donors (Lipinski definition) is 0. The van der Waals surface area contributed by atoms with Crippen molar-refractivity contribution in [3.05, 3.63) is 38.0 Å². The molecule has 120 valence electrons. The molecular weight excluding hydrogens is 329 g/mol. The number of rotatable bonds is 3. The Balaban J connectivity index is 1.85. The molecule has 3 heterocycles. The third kappa shape index (κ3) is 2.81. The highest BCUT2D eigenvalue weighted by Crippen LogP contribution is 2.51. The van der Waals surface area contributed by atoms with Crippen molar-refractivity contribution in [1.82, 2.24) is 9.88 Å². The molecule has 1 aliphatic heterocycles. The molecule has 1 aliphatic rings. The van der Waals surface area contributed by atoms with Gasteiger partial charge in [-0.2, -0.15) is 13.2 Å². The summed E-state index contributed by atoms with van der Waals surface area (Å²) < 4.78 is 39.3. The topological polar surface area (TPSA) is 16.1 Å². The van der Waals surface area contributed by atoms with Gasteiger partial charge in [0.05, 0.1) is 15.9 Å². The van der Waals surface area contributed by atoms with Crippen LogP contribution in [0.25, 0.3) is 0 Å². The average molecular weight is 346 g/mol. The van der Waals surface area contributed by atoms with E-state index in [1.165, 1.54) is 4.88 Å². The molecule has 3 rings (SSSR count). The van der Waals surface area contributed by atoms with Crippen LogP contribution < -0.4 is 0 Å². The Morgan fingerprint density at radius 2 is 2.14 bits per heavy atom. The van der Waals surface area contributed by atoms with Crippen LogP contribution in [0.5, 0.6) is 0 Å². The molecule has 0 N–H and O–H groups in total. The van der Waals surface area contributed by atoms with E-state index in [1.54, 1.807) is 18.3 Å². The number of nitrogens with zero attached hydrogens (tertiary/aromatic N) is 2. The van der Waals surface area contributed by atoms with Crippen molar-refractivity contribution in [2.24, 2.45) is 5.41 Å².